The molecule has 0 spiro atoms. The molecule has 0 saturated carbocycles. The zero-order valence-electron chi connectivity index (χ0n) is 13.6. The van der Waals surface area contributed by atoms with E-state index >= 15 is 0 Å². The van der Waals surface area contributed by atoms with E-state index in [-0.39, 0.29) is 11.7 Å². The van der Waals surface area contributed by atoms with Gasteiger partial charge in [-0.1, -0.05) is 23.7 Å². The van der Waals surface area contributed by atoms with Gasteiger partial charge in [0.05, 0.1) is 11.0 Å². The molecule has 0 bridgehead atoms. The second-order valence-corrected chi connectivity index (χ2v) is 6.01. The number of rotatable bonds is 6. The minimum absolute atomic E-state index is 0.0149. The molecule has 2 rings (SSSR count). The minimum atomic E-state index is -0.405. The van der Waals surface area contributed by atoms with Crippen LogP contribution in [-0.4, -0.2) is 40.2 Å². The van der Waals surface area contributed by atoms with Crippen molar-refractivity contribution in [2.75, 3.05) is 26.0 Å². The third kappa shape index (κ3) is 3.80. The summed E-state index contributed by atoms with van der Waals surface area (Å²) in [6, 6.07) is 7.63. The van der Waals surface area contributed by atoms with Gasteiger partial charge < -0.3 is 10.2 Å². The molecule has 0 aliphatic carbocycles. The molecule has 1 aromatic carbocycles. The van der Waals surface area contributed by atoms with E-state index in [1.54, 1.807) is 14.0 Å². The predicted octanol–water partition coefficient (Wildman–Crippen LogP) is 3.00. The Hall–Kier alpha value is -2.12. The number of nitro groups is 1. The van der Waals surface area contributed by atoms with Gasteiger partial charge in [-0.15, -0.1) is 0 Å². The molecule has 0 aliphatic heterocycles. The average molecular weight is 338 g/mol. The Labute approximate surface area is 140 Å². The van der Waals surface area contributed by atoms with Gasteiger partial charge >= 0.3 is 5.69 Å². The van der Waals surface area contributed by atoms with Gasteiger partial charge in [-0.25, -0.2) is 4.68 Å². The maximum Gasteiger partial charge on any atom is 0.333 e. The van der Waals surface area contributed by atoms with Gasteiger partial charge in [0, 0.05) is 18.6 Å². The van der Waals surface area contributed by atoms with Crippen molar-refractivity contribution in [1.82, 2.24) is 14.7 Å². The summed E-state index contributed by atoms with van der Waals surface area (Å²) in [7, 11) is 5.61. The first-order chi connectivity index (χ1) is 10.8. The molecule has 0 aliphatic rings. The molecule has 0 amide bonds. The molecule has 0 radical (unpaired) electrons. The SMILES string of the molecule is Cc1nn(C)c(NCC(c2ccc(Cl)cc2)N(C)C)c1[N+](=O)[O-]. The van der Waals surface area contributed by atoms with Crippen molar-refractivity contribution in [2.45, 2.75) is 13.0 Å². The molecule has 0 fully saturated rings. The van der Waals surface area contributed by atoms with Crippen LogP contribution in [0.3, 0.4) is 0 Å². The van der Waals surface area contributed by atoms with E-state index in [1.807, 2.05) is 43.3 Å². The van der Waals surface area contributed by atoms with Crippen molar-refractivity contribution < 1.29 is 4.92 Å². The number of likely N-dealkylation sites (N-methyl/N-ethyl adjacent to an activating group) is 1. The summed E-state index contributed by atoms with van der Waals surface area (Å²) in [6.45, 7) is 2.14. The highest BCUT2D eigenvalue weighted by Crippen LogP contribution is 2.28. The zero-order chi connectivity index (χ0) is 17.1. The van der Waals surface area contributed by atoms with Crippen LogP contribution in [-0.2, 0) is 7.05 Å². The van der Waals surface area contributed by atoms with Crippen molar-refractivity contribution in [3.05, 3.63) is 50.7 Å². The number of aromatic nitrogens is 2. The summed E-state index contributed by atoms with van der Waals surface area (Å²) in [4.78, 5) is 12.9. The van der Waals surface area contributed by atoms with Gasteiger partial charge in [0.15, 0.2) is 0 Å². The van der Waals surface area contributed by atoms with Crippen LogP contribution >= 0.6 is 11.6 Å². The molecular weight excluding hydrogens is 318 g/mol. The molecular formula is C15H20ClN5O2. The molecule has 1 aromatic heterocycles. The molecule has 1 unspecified atom stereocenters. The fourth-order valence-electron chi connectivity index (χ4n) is 2.54. The van der Waals surface area contributed by atoms with E-state index in [0.717, 1.165) is 5.56 Å². The maximum absolute atomic E-state index is 11.2. The van der Waals surface area contributed by atoms with Crippen LogP contribution in [0.1, 0.15) is 17.3 Å². The van der Waals surface area contributed by atoms with Crippen LogP contribution in [0.25, 0.3) is 0 Å². The second-order valence-electron chi connectivity index (χ2n) is 5.58. The monoisotopic (exact) mass is 337 g/mol. The number of anilines is 1. The standard InChI is InChI=1S/C15H20ClN5O2/c1-10-14(21(22)23)15(20(4)18-10)17-9-13(19(2)3)11-5-7-12(16)8-6-11/h5-8,13,17H,9H2,1-4H3. The number of halogens is 1. The van der Waals surface area contributed by atoms with Gasteiger partial charge in [0.2, 0.25) is 5.82 Å². The van der Waals surface area contributed by atoms with E-state index in [9.17, 15) is 10.1 Å². The van der Waals surface area contributed by atoms with Crippen LogP contribution in [0.15, 0.2) is 24.3 Å². The first-order valence-electron chi connectivity index (χ1n) is 7.15. The summed E-state index contributed by atoms with van der Waals surface area (Å²) >= 11 is 5.93. The first kappa shape index (κ1) is 17.2. The Morgan fingerprint density at radius 3 is 2.52 bits per heavy atom. The van der Waals surface area contributed by atoms with Gasteiger partial charge in [-0.2, -0.15) is 5.10 Å². The summed E-state index contributed by atoms with van der Waals surface area (Å²) in [5.74, 6) is 0.410. The number of nitrogens with one attached hydrogen (secondary N) is 1. The van der Waals surface area contributed by atoms with Gasteiger partial charge in [0.25, 0.3) is 0 Å². The Kier molecular flexibility index (Phi) is 5.23. The van der Waals surface area contributed by atoms with E-state index < -0.39 is 4.92 Å². The molecule has 124 valence electrons. The lowest BCUT2D eigenvalue weighted by Crippen LogP contribution is -2.27. The van der Waals surface area contributed by atoms with Crippen LogP contribution in [0.4, 0.5) is 11.5 Å². The molecule has 1 heterocycles. The van der Waals surface area contributed by atoms with Crippen molar-refractivity contribution in [3.63, 3.8) is 0 Å². The van der Waals surface area contributed by atoms with Crippen LogP contribution in [0.5, 0.6) is 0 Å². The summed E-state index contributed by atoms with van der Waals surface area (Å²) < 4.78 is 1.50. The molecule has 23 heavy (non-hydrogen) atoms. The number of hydrogen-bond donors (Lipinski definition) is 1. The van der Waals surface area contributed by atoms with Gasteiger partial charge in [-0.3, -0.25) is 10.1 Å². The summed E-state index contributed by atoms with van der Waals surface area (Å²) in [6.07, 6.45) is 0. The molecule has 7 nitrogen and oxygen atoms in total. The molecule has 0 saturated heterocycles. The van der Waals surface area contributed by atoms with E-state index in [0.29, 0.717) is 23.1 Å². The lowest BCUT2D eigenvalue weighted by atomic mass is 10.1. The fraction of sp³-hybridized carbons (Fsp3) is 0.400. The number of nitrogens with zero attached hydrogens (tertiary/aromatic N) is 4. The Morgan fingerprint density at radius 1 is 1.39 bits per heavy atom. The van der Waals surface area contributed by atoms with Crippen LogP contribution in [0, 0.1) is 17.0 Å². The quantitative estimate of drug-likeness (QED) is 0.647. The minimum Gasteiger partial charge on any atom is -0.363 e. The molecule has 8 heteroatoms. The Morgan fingerprint density at radius 2 is 2.00 bits per heavy atom. The lowest BCUT2D eigenvalue weighted by Gasteiger charge is -2.25. The zero-order valence-corrected chi connectivity index (χ0v) is 14.3. The topological polar surface area (TPSA) is 76.2 Å². The fourth-order valence-corrected chi connectivity index (χ4v) is 2.67. The Bertz CT molecular complexity index is 697. The van der Waals surface area contributed by atoms with Crippen molar-refractivity contribution in [1.29, 1.82) is 0 Å². The molecule has 1 atom stereocenters. The van der Waals surface area contributed by atoms with Crippen molar-refractivity contribution in [3.8, 4) is 0 Å². The van der Waals surface area contributed by atoms with Crippen LogP contribution < -0.4 is 5.32 Å². The van der Waals surface area contributed by atoms with Crippen LogP contribution in [0.2, 0.25) is 5.02 Å². The highest BCUT2D eigenvalue weighted by atomic mass is 35.5. The first-order valence-corrected chi connectivity index (χ1v) is 7.52. The van der Waals surface area contributed by atoms with E-state index in [2.05, 4.69) is 10.4 Å². The normalized spacial score (nSPS) is 12.4. The highest BCUT2D eigenvalue weighted by Gasteiger charge is 2.25. The van der Waals surface area contributed by atoms with Crippen molar-refractivity contribution in [2.24, 2.45) is 7.05 Å². The third-order valence-corrected chi connectivity index (χ3v) is 3.97. The number of aryl methyl sites for hydroxylation is 2. The van der Waals surface area contributed by atoms with Gasteiger partial charge in [0.1, 0.15) is 5.69 Å². The maximum atomic E-state index is 11.2. The summed E-state index contributed by atoms with van der Waals surface area (Å²) in [5.41, 5.74) is 1.49. The predicted molar refractivity (Wildman–Crippen MR) is 91.0 cm³/mol. The Balaban J connectivity index is 2.23. The lowest BCUT2D eigenvalue weighted by molar-refractivity contribution is -0.384. The van der Waals surface area contributed by atoms with E-state index in [1.165, 1.54) is 4.68 Å². The van der Waals surface area contributed by atoms with Gasteiger partial charge in [-0.05, 0) is 38.7 Å². The van der Waals surface area contributed by atoms with E-state index in [4.69, 9.17) is 11.6 Å². The number of benzene rings is 1. The summed E-state index contributed by atoms with van der Waals surface area (Å²) in [5, 5.41) is 19.2. The highest BCUT2D eigenvalue weighted by molar-refractivity contribution is 6.30. The smallest absolute Gasteiger partial charge is 0.333 e. The second kappa shape index (κ2) is 6.97. The third-order valence-electron chi connectivity index (χ3n) is 3.71. The number of hydrogen-bond acceptors (Lipinski definition) is 5. The molecule has 1 N–H and O–H groups in total. The molecule has 2 aromatic rings. The largest absolute Gasteiger partial charge is 0.363 e. The average Bonchev–Trinajstić information content (AvgIpc) is 2.75. The van der Waals surface area contributed by atoms with Crippen molar-refractivity contribution >= 4 is 23.1 Å².